The molecule has 0 aliphatic heterocycles. The smallest absolute Gasteiger partial charge is 0.232 e. The number of nitrogen functional groups attached to an aromatic ring is 1. The number of nitrogens with zero attached hydrogens (tertiary/aromatic N) is 1. The number of hydrogen-bond acceptors (Lipinski definition) is 5. The van der Waals surface area contributed by atoms with Crippen LogP contribution in [0.1, 0.15) is 5.89 Å². The number of hydrogen-bond donors (Lipinski definition) is 2. The maximum atomic E-state index is 11.7. The number of nitrogens with one attached hydrogen (secondary N) is 1. The summed E-state index contributed by atoms with van der Waals surface area (Å²) in [5, 5.41) is 2.41. The number of anilines is 1. The van der Waals surface area contributed by atoms with E-state index in [-0.39, 0.29) is 17.4 Å². The zero-order valence-electron chi connectivity index (χ0n) is 9.80. The van der Waals surface area contributed by atoms with Crippen LogP contribution >= 0.6 is 0 Å². The van der Waals surface area contributed by atoms with Gasteiger partial charge in [-0.15, -0.1) is 0 Å². The molecular weight excluding hydrogens is 254 g/mol. The third kappa shape index (κ3) is 2.67. The molecule has 1 amide bonds. The van der Waals surface area contributed by atoms with Gasteiger partial charge in [0.15, 0.2) is 5.58 Å². The van der Waals surface area contributed by atoms with Crippen LogP contribution in [0.3, 0.4) is 0 Å². The Morgan fingerprint density at radius 2 is 2.33 bits per heavy atom. The van der Waals surface area contributed by atoms with Gasteiger partial charge in [0.1, 0.15) is 17.0 Å². The lowest BCUT2D eigenvalue weighted by molar-refractivity contribution is -0.118. The number of benzene rings is 1. The van der Waals surface area contributed by atoms with Crippen molar-refractivity contribution in [3.8, 4) is 0 Å². The fraction of sp³-hybridized carbons (Fsp3) is 0.273. The highest BCUT2D eigenvalue weighted by molar-refractivity contribution is 7.84. The van der Waals surface area contributed by atoms with Gasteiger partial charge in [-0.05, 0) is 12.1 Å². The Hall–Kier alpha value is -1.89. The van der Waals surface area contributed by atoms with Crippen LogP contribution in [-0.2, 0) is 21.3 Å². The number of nitrogens with two attached hydrogens (primary N) is 1. The van der Waals surface area contributed by atoms with Crippen molar-refractivity contribution in [2.24, 2.45) is 0 Å². The van der Waals surface area contributed by atoms with Gasteiger partial charge < -0.3 is 15.5 Å². The van der Waals surface area contributed by atoms with E-state index in [1.807, 2.05) is 0 Å². The number of rotatable bonds is 4. The molecule has 0 aliphatic rings. The number of carbonyl (C=O) groups excluding carboxylic acids is 1. The molecule has 7 heteroatoms. The summed E-state index contributed by atoms with van der Waals surface area (Å²) in [6.07, 6.45) is 0. The zero-order valence-corrected chi connectivity index (χ0v) is 10.6. The molecule has 18 heavy (non-hydrogen) atoms. The fourth-order valence-electron chi connectivity index (χ4n) is 1.48. The summed E-state index contributed by atoms with van der Waals surface area (Å²) in [5.74, 6) is 0.0841. The number of fused-ring (bicyclic) bond motifs is 1. The van der Waals surface area contributed by atoms with Crippen molar-refractivity contribution in [1.29, 1.82) is 0 Å². The molecule has 0 aliphatic carbocycles. The largest absolute Gasteiger partial charge is 0.440 e. The Kier molecular flexibility index (Phi) is 3.61. The molecular formula is C11H13N3O3S. The van der Waals surface area contributed by atoms with Gasteiger partial charge in [0.25, 0.3) is 0 Å². The lowest BCUT2D eigenvalue weighted by Crippen LogP contribution is -2.24. The average molecular weight is 267 g/mol. The highest BCUT2D eigenvalue weighted by Gasteiger charge is 2.13. The Labute approximate surface area is 106 Å². The first-order valence-electron chi connectivity index (χ1n) is 5.29. The maximum Gasteiger partial charge on any atom is 0.232 e. The van der Waals surface area contributed by atoms with Crippen molar-refractivity contribution < 1.29 is 13.4 Å². The van der Waals surface area contributed by atoms with Crippen LogP contribution in [0.15, 0.2) is 22.6 Å². The molecule has 1 heterocycles. The predicted molar refractivity (Wildman–Crippen MR) is 69.2 cm³/mol. The van der Waals surface area contributed by atoms with Crippen LogP contribution in [0, 0.1) is 0 Å². The van der Waals surface area contributed by atoms with Crippen LogP contribution in [-0.4, -0.2) is 27.9 Å². The first-order chi connectivity index (χ1) is 8.60. The van der Waals surface area contributed by atoms with E-state index in [1.165, 1.54) is 7.05 Å². The van der Waals surface area contributed by atoms with Gasteiger partial charge in [0.2, 0.25) is 11.8 Å². The fourth-order valence-corrected chi connectivity index (χ4v) is 2.42. The predicted octanol–water partition coefficient (Wildman–Crippen LogP) is 0.405. The topological polar surface area (TPSA) is 98.2 Å². The maximum absolute atomic E-state index is 11.7. The second-order valence-corrected chi connectivity index (χ2v) is 5.16. The van der Waals surface area contributed by atoms with E-state index in [2.05, 4.69) is 10.3 Å². The van der Waals surface area contributed by atoms with E-state index >= 15 is 0 Å². The number of oxazole rings is 1. The third-order valence-electron chi connectivity index (χ3n) is 2.35. The average Bonchev–Trinajstić information content (AvgIpc) is 2.72. The minimum Gasteiger partial charge on any atom is -0.440 e. The molecule has 0 radical (unpaired) electrons. The Balaban J connectivity index is 2.15. The van der Waals surface area contributed by atoms with Gasteiger partial charge in [-0.1, -0.05) is 6.07 Å². The molecule has 2 aromatic rings. The van der Waals surface area contributed by atoms with E-state index in [0.717, 1.165) is 0 Å². The Morgan fingerprint density at radius 3 is 3.00 bits per heavy atom. The number of carbonyl (C=O) groups is 1. The molecule has 1 aromatic heterocycles. The minimum atomic E-state index is -1.34. The molecule has 0 spiro atoms. The van der Waals surface area contributed by atoms with Crippen molar-refractivity contribution in [1.82, 2.24) is 10.3 Å². The molecule has 1 atom stereocenters. The lowest BCUT2D eigenvalue weighted by Gasteiger charge is -1.97. The summed E-state index contributed by atoms with van der Waals surface area (Å²) in [4.78, 5) is 15.2. The van der Waals surface area contributed by atoms with Crippen LogP contribution in [0.25, 0.3) is 11.1 Å². The van der Waals surface area contributed by atoms with Gasteiger partial charge in [-0.25, -0.2) is 4.98 Å². The molecule has 1 aromatic carbocycles. The number of aromatic nitrogens is 1. The molecule has 96 valence electrons. The first-order valence-corrected chi connectivity index (χ1v) is 6.78. The van der Waals surface area contributed by atoms with Gasteiger partial charge in [-0.2, -0.15) is 0 Å². The monoisotopic (exact) mass is 267 g/mol. The van der Waals surface area contributed by atoms with Gasteiger partial charge in [0, 0.05) is 17.8 Å². The SMILES string of the molecule is CNC(=O)CS(=O)Cc1nc2c(N)cccc2o1. The summed E-state index contributed by atoms with van der Waals surface area (Å²) in [6.45, 7) is 0. The van der Waals surface area contributed by atoms with E-state index in [4.69, 9.17) is 10.2 Å². The second-order valence-electron chi connectivity index (χ2n) is 3.70. The summed E-state index contributed by atoms with van der Waals surface area (Å²) in [5.41, 5.74) is 7.37. The Morgan fingerprint density at radius 1 is 1.56 bits per heavy atom. The first kappa shape index (κ1) is 12.6. The summed E-state index contributed by atoms with van der Waals surface area (Å²) < 4.78 is 17.1. The molecule has 2 rings (SSSR count). The minimum absolute atomic E-state index is 0.0648. The Bertz CT molecular complexity index is 609. The molecule has 6 nitrogen and oxygen atoms in total. The van der Waals surface area contributed by atoms with Crippen LogP contribution in [0.5, 0.6) is 0 Å². The highest BCUT2D eigenvalue weighted by Crippen LogP contribution is 2.21. The molecule has 0 saturated carbocycles. The van der Waals surface area contributed by atoms with Crippen LogP contribution < -0.4 is 11.1 Å². The molecule has 0 bridgehead atoms. The number of amides is 1. The molecule has 0 fully saturated rings. The second kappa shape index (κ2) is 5.18. The van der Waals surface area contributed by atoms with E-state index in [1.54, 1.807) is 18.2 Å². The molecule has 1 unspecified atom stereocenters. The van der Waals surface area contributed by atoms with Crippen LogP contribution in [0.2, 0.25) is 0 Å². The summed E-state index contributed by atoms with van der Waals surface area (Å²) in [6, 6.07) is 5.22. The van der Waals surface area contributed by atoms with Crippen molar-refractivity contribution in [3.05, 3.63) is 24.1 Å². The van der Waals surface area contributed by atoms with Crippen molar-refractivity contribution in [3.63, 3.8) is 0 Å². The van der Waals surface area contributed by atoms with Crippen molar-refractivity contribution in [2.45, 2.75) is 5.75 Å². The zero-order chi connectivity index (χ0) is 13.1. The van der Waals surface area contributed by atoms with Gasteiger partial charge in [0.05, 0.1) is 5.69 Å². The number of para-hydroxylation sites is 1. The normalized spacial score (nSPS) is 12.5. The van der Waals surface area contributed by atoms with E-state index in [0.29, 0.717) is 22.7 Å². The van der Waals surface area contributed by atoms with Gasteiger partial charge in [-0.3, -0.25) is 9.00 Å². The third-order valence-corrected chi connectivity index (χ3v) is 3.50. The van der Waals surface area contributed by atoms with E-state index < -0.39 is 10.8 Å². The van der Waals surface area contributed by atoms with E-state index in [9.17, 15) is 9.00 Å². The summed E-state index contributed by atoms with van der Waals surface area (Å²) in [7, 11) is 0.156. The lowest BCUT2D eigenvalue weighted by atomic mass is 10.3. The van der Waals surface area contributed by atoms with Crippen molar-refractivity contribution >= 4 is 33.5 Å². The van der Waals surface area contributed by atoms with Crippen molar-refractivity contribution in [2.75, 3.05) is 18.5 Å². The van der Waals surface area contributed by atoms with Gasteiger partial charge >= 0.3 is 0 Å². The van der Waals surface area contributed by atoms with Crippen LogP contribution in [0.4, 0.5) is 5.69 Å². The quantitative estimate of drug-likeness (QED) is 0.781. The molecule has 0 saturated heterocycles. The standard InChI is InChI=1S/C11H13N3O3S/c1-13-9(15)5-18(16)6-10-14-11-7(12)3-2-4-8(11)17-10/h2-4H,5-6,12H2,1H3,(H,13,15). The highest BCUT2D eigenvalue weighted by atomic mass is 32.2. The molecule has 3 N–H and O–H groups in total. The summed E-state index contributed by atoms with van der Waals surface area (Å²) >= 11 is 0.